The highest BCUT2D eigenvalue weighted by Crippen LogP contribution is 2.29. The summed E-state index contributed by atoms with van der Waals surface area (Å²) in [6, 6.07) is 13.7. The van der Waals surface area contributed by atoms with Crippen molar-refractivity contribution in [1.29, 1.82) is 0 Å². The van der Waals surface area contributed by atoms with Crippen LogP contribution >= 0.6 is 27.3 Å². The summed E-state index contributed by atoms with van der Waals surface area (Å²) in [5.41, 5.74) is 1.45. The zero-order valence-electron chi connectivity index (χ0n) is 14.1. The lowest BCUT2D eigenvalue weighted by molar-refractivity contribution is -0.384. The molecule has 0 unspecified atom stereocenters. The Morgan fingerprint density at radius 2 is 1.96 bits per heavy atom. The van der Waals surface area contributed by atoms with Gasteiger partial charge in [0.25, 0.3) is 11.6 Å². The molecule has 0 bridgehead atoms. The molecule has 7 nitrogen and oxygen atoms in total. The van der Waals surface area contributed by atoms with Gasteiger partial charge in [0.2, 0.25) is 5.13 Å². The van der Waals surface area contributed by atoms with Crippen LogP contribution in [0, 0.1) is 10.1 Å². The molecule has 1 aromatic heterocycles. The smallest absolute Gasteiger partial charge is 0.270 e. The van der Waals surface area contributed by atoms with Crippen LogP contribution in [-0.4, -0.2) is 28.1 Å². The number of benzene rings is 2. The van der Waals surface area contributed by atoms with Gasteiger partial charge >= 0.3 is 0 Å². The van der Waals surface area contributed by atoms with E-state index in [1.54, 1.807) is 19.2 Å². The Hall–Kier alpha value is -2.91. The fraction of sp³-hybridized carbons (Fsp3) is 0.0556. The lowest BCUT2D eigenvalue weighted by atomic mass is 10.2. The summed E-state index contributed by atoms with van der Waals surface area (Å²) in [6.45, 7) is 0. The van der Waals surface area contributed by atoms with E-state index in [4.69, 9.17) is 0 Å². The number of hydrogen-bond donors (Lipinski definition) is 0. The van der Waals surface area contributed by atoms with E-state index in [9.17, 15) is 14.9 Å². The quantitative estimate of drug-likeness (QED) is 0.327. The van der Waals surface area contributed by atoms with Gasteiger partial charge in [0.05, 0.1) is 4.92 Å². The van der Waals surface area contributed by atoms with E-state index in [1.807, 2.05) is 24.3 Å². The molecule has 1 amide bonds. The van der Waals surface area contributed by atoms with Gasteiger partial charge in [0.15, 0.2) is 0 Å². The fourth-order valence-corrected chi connectivity index (χ4v) is 3.26. The minimum Gasteiger partial charge on any atom is -0.286 e. The van der Waals surface area contributed by atoms with Gasteiger partial charge in [-0.25, -0.2) is 0 Å². The zero-order chi connectivity index (χ0) is 19.4. The summed E-state index contributed by atoms with van der Waals surface area (Å²) in [5.74, 6) is -0.306. The average Bonchev–Trinajstić information content (AvgIpc) is 3.16. The molecule has 0 atom stereocenters. The Morgan fingerprint density at radius 1 is 1.22 bits per heavy atom. The van der Waals surface area contributed by atoms with Gasteiger partial charge in [-0.15, -0.1) is 10.2 Å². The lowest BCUT2D eigenvalue weighted by Crippen LogP contribution is -2.23. The lowest BCUT2D eigenvalue weighted by Gasteiger charge is -2.09. The first-order valence-corrected chi connectivity index (χ1v) is 9.34. The van der Waals surface area contributed by atoms with Gasteiger partial charge < -0.3 is 0 Å². The third-order valence-electron chi connectivity index (χ3n) is 3.62. The second-order valence-electron chi connectivity index (χ2n) is 5.48. The summed E-state index contributed by atoms with van der Waals surface area (Å²) < 4.78 is 0.967. The van der Waals surface area contributed by atoms with Crippen molar-refractivity contribution >= 4 is 50.1 Å². The van der Waals surface area contributed by atoms with E-state index in [-0.39, 0.29) is 11.6 Å². The number of nitrogens with zero attached hydrogens (tertiary/aromatic N) is 4. The Labute approximate surface area is 167 Å². The SMILES string of the molecule is CN(C(=O)/C=C/c1cccc([N+](=O)[O-])c1)c1nnc(-c2ccc(Br)cc2)s1. The monoisotopic (exact) mass is 444 g/mol. The van der Waals surface area contributed by atoms with Crippen LogP contribution < -0.4 is 4.90 Å². The second-order valence-corrected chi connectivity index (χ2v) is 7.35. The number of carbonyl (C=O) groups excluding carboxylic acids is 1. The second kappa shape index (κ2) is 8.19. The predicted octanol–water partition coefficient (Wildman–Crippen LogP) is 4.55. The van der Waals surface area contributed by atoms with Crippen LogP contribution in [0.5, 0.6) is 0 Å². The zero-order valence-corrected chi connectivity index (χ0v) is 16.5. The van der Waals surface area contributed by atoms with Crippen molar-refractivity contribution in [3.63, 3.8) is 0 Å². The molecular formula is C18H13BrN4O3S. The first-order valence-electron chi connectivity index (χ1n) is 7.74. The number of likely N-dealkylation sites (N-methyl/N-ethyl adjacent to an activating group) is 1. The van der Waals surface area contributed by atoms with Gasteiger partial charge in [-0.3, -0.25) is 19.8 Å². The van der Waals surface area contributed by atoms with E-state index in [1.165, 1.54) is 40.5 Å². The van der Waals surface area contributed by atoms with Crippen LogP contribution in [0.4, 0.5) is 10.8 Å². The van der Waals surface area contributed by atoms with Gasteiger partial charge in [0.1, 0.15) is 5.01 Å². The molecule has 3 rings (SSSR count). The van der Waals surface area contributed by atoms with Crippen molar-refractivity contribution in [3.05, 3.63) is 74.8 Å². The maximum Gasteiger partial charge on any atom is 0.270 e. The summed E-state index contributed by atoms with van der Waals surface area (Å²) >= 11 is 4.68. The summed E-state index contributed by atoms with van der Waals surface area (Å²) in [4.78, 5) is 24.1. The molecule has 2 aromatic carbocycles. The number of nitro groups is 1. The number of aromatic nitrogens is 2. The van der Waals surface area contributed by atoms with Crippen LogP contribution in [0.2, 0.25) is 0 Å². The van der Waals surface area contributed by atoms with E-state index >= 15 is 0 Å². The Morgan fingerprint density at radius 3 is 2.67 bits per heavy atom. The van der Waals surface area contributed by atoms with Gasteiger partial charge in [-0.05, 0) is 23.8 Å². The average molecular weight is 445 g/mol. The first kappa shape index (κ1) is 18.9. The molecule has 0 radical (unpaired) electrons. The van der Waals surface area contributed by atoms with Crippen LogP contribution in [0.15, 0.2) is 59.1 Å². The fourth-order valence-electron chi connectivity index (χ4n) is 2.18. The number of rotatable bonds is 5. The van der Waals surface area contributed by atoms with Crippen LogP contribution in [0.1, 0.15) is 5.56 Å². The van der Waals surface area contributed by atoms with Gasteiger partial charge in [-0.2, -0.15) is 0 Å². The van der Waals surface area contributed by atoms with Gasteiger partial charge in [0, 0.05) is 35.3 Å². The van der Waals surface area contributed by atoms with E-state index in [0.29, 0.717) is 15.7 Å². The molecule has 1 heterocycles. The standard InChI is InChI=1S/C18H13BrN4O3S/c1-22(16(24)10-5-12-3-2-4-15(11-12)23(25)26)18-21-20-17(27-18)13-6-8-14(19)9-7-13/h2-11H,1H3/b10-5+. The maximum absolute atomic E-state index is 12.4. The molecule has 27 heavy (non-hydrogen) atoms. The molecule has 0 saturated carbocycles. The topological polar surface area (TPSA) is 89.2 Å². The number of hydrogen-bond acceptors (Lipinski definition) is 6. The minimum atomic E-state index is -0.476. The van der Waals surface area contributed by atoms with Gasteiger partial charge in [-0.1, -0.05) is 51.5 Å². The molecule has 0 aliphatic carbocycles. The third kappa shape index (κ3) is 4.63. The van der Waals surface area contributed by atoms with Crippen molar-refractivity contribution in [3.8, 4) is 10.6 Å². The Kier molecular flexibility index (Phi) is 5.72. The Balaban J connectivity index is 1.73. The number of non-ortho nitro benzene ring substituents is 1. The number of halogens is 1. The molecule has 0 saturated heterocycles. The van der Waals surface area contributed by atoms with Crippen LogP contribution in [-0.2, 0) is 4.79 Å². The van der Waals surface area contributed by atoms with Crippen LogP contribution in [0.25, 0.3) is 16.6 Å². The number of carbonyl (C=O) groups is 1. The molecule has 0 aliphatic heterocycles. The number of amides is 1. The normalized spacial score (nSPS) is 10.9. The van der Waals surface area contributed by atoms with Crippen molar-refractivity contribution in [2.24, 2.45) is 0 Å². The highest BCUT2D eigenvalue weighted by Gasteiger charge is 2.14. The number of anilines is 1. The highest BCUT2D eigenvalue weighted by atomic mass is 79.9. The maximum atomic E-state index is 12.4. The first-order chi connectivity index (χ1) is 12.9. The molecule has 3 aromatic rings. The van der Waals surface area contributed by atoms with Crippen molar-refractivity contribution in [1.82, 2.24) is 10.2 Å². The molecule has 0 fully saturated rings. The Bertz CT molecular complexity index is 1020. The molecule has 0 N–H and O–H groups in total. The highest BCUT2D eigenvalue weighted by molar-refractivity contribution is 9.10. The van der Waals surface area contributed by atoms with E-state index < -0.39 is 4.92 Å². The van der Waals surface area contributed by atoms with Crippen molar-refractivity contribution in [2.75, 3.05) is 11.9 Å². The van der Waals surface area contributed by atoms with Crippen LogP contribution in [0.3, 0.4) is 0 Å². The van der Waals surface area contributed by atoms with Crippen molar-refractivity contribution < 1.29 is 9.72 Å². The molecule has 0 aliphatic rings. The summed E-state index contributed by atoms with van der Waals surface area (Å²) in [7, 11) is 1.60. The van der Waals surface area contributed by atoms with E-state index in [0.717, 1.165) is 10.0 Å². The molecular weight excluding hydrogens is 432 g/mol. The summed E-state index contributed by atoms with van der Waals surface area (Å²) in [6.07, 6.45) is 2.88. The van der Waals surface area contributed by atoms with E-state index in [2.05, 4.69) is 26.1 Å². The molecule has 9 heteroatoms. The summed E-state index contributed by atoms with van der Waals surface area (Å²) in [5, 5.41) is 20.2. The largest absolute Gasteiger partial charge is 0.286 e. The molecule has 0 spiro atoms. The minimum absolute atomic E-state index is 0.0267. The number of nitro benzene ring substituents is 1. The molecule has 136 valence electrons. The van der Waals surface area contributed by atoms with Crippen molar-refractivity contribution in [2.45, 2.75) is 0 Å². The predicted molar refractivity (Wildman–Crippen MR) is 109 cm³/mol. The third-order valence-corrected chi connectivity index (χ3v) is 5.20.